The first-order valence-corrected chi connectivity index (χ1v) is 26.6. The molecule has 0 aliphatic carbocycles. The van der Waals surface area contributed by atoms with Crippen molar-refractivity contribution in [3.05, 3.63) is 142 Å². The second-order valence-corrected chi connectivity index (χ2v) is 20.1. The number of aromatic hydroxyl groups is 4. The van der Waals surface area contributed by atoms with Gasteiger partial charge in [0.25, 0.3) is 23.6 Å². The summed E-state index contributed by atoms with van der Waals surface area (Å²) in [6.45, 7) is 10.2. The Kier molecular flexibility index (Phi) is 18.0. The lowest BCUT2D eigenvalue weighted by Gasteiger charge is -2.13. The standard InChI is InChI=1S/C29H30N6O6.C21H23N5O3.C8H9NO4/c1-17(2)20-15-21(24(37)16-23(20)36)28-31-32-29(41)35(28)19-5-6-22-18(14-19)9-12-33(22)13-10-30-25(38)4-3-11-34-26(39)7-8-27(34)40;1-12(2)15-10-16(19(28)11-18(15)27)20-23-24-21(29)26(20)14-3-4-17-13(9-14)5-7-25(17)8-6-22;10-6-3-4-7(11)9(6)5-1-2-8(12)13/h5-9,12,14-17,36-37H,3-4,10-11,13H2,1-2H3,(H,30,38)(H,32,41);3-5,7,9-12,27-28H,6,8,22H2,1-2H3,(H,24,29);3-4H,1-2,5H2,(H,12,13). The number of nitrogens with two attached hydrogens (primary N) is 1. The maximum absolute atomic E-state index is 12.8. The number of benzene rings is 4. The normalized spacial score (nSPS) is 13.0. The van der Waals surface area contributed by atoms with Crippen LogP contribution in [0.3, 0.4) is 0 Å². The summed E-state index contributed by atoms with van der Waals surface area (Å²) >= 11 is 0. The minimum Gasteiger partial charge on any atom is -0.508 e. The molecule has 0 bridgehead atoms. The lowest BCUT2D eigenvalue weighted by molar-refractivity contribution is -0.140. The smallest absolute Gasteiger partial charge is 0.348 e. The van der Waals surface area contributed by atoms with Crippen molar-refractivity contribution >= 4 is 57.3 Å². The number of phenolic OH excluding ortho intramolecular Hbond substituents is 4. The van der Waals surface area contributed by atoms with Crippen LogP contribution in [0.25, 0.3) is 56.0 Å². The summed E-state index contributed by atoms with van der Waals surface area (Å²) in [4.78, 5) is 94.9. The number of rotatable bonds is 19. The second-order valence-electron chi connectivity index (χ2n) is 20.1. The average Bonchev–Trinajstić information content (AvgIpc) is 4.43. The van der Waals surface area contributed by atoms with Gasteiger partial charge < -0.3 is 45.7 Å². The molecule has 2 aliphatic rings. The molecule has 0 unspecified atom stereocenters. The van der Waals surface area contributed by atoms with Gasteiger partial charge in [-0.15, -0.1) is 0 Å². The Labute approximate surface area is 472 Å². The fraction of sp³-hybridized carbons (Fsp3) is 0.276. The lowest BCUT2D eigenvalue weighted by Crippen LogP contribution is -2.32. The van der Waals surface area contributed by atoms with E-state index in [9.17, 15) is 58.8 Å². The molecule has 25 nitrogen and oxygen atoms in total. The maximum atomic E-state index is 12.8. The number of aromatic amines is 2. The number of phenols is 4. The van der Waals surface area contributed by atoms with E-state index < -0.39 is 17.3 Å². The van der Waals surface area contributed by atoms with Crippen LogP contribution < -0.4 is 22.4 Å². The van der Waals surface area contributed by atoms with Crippen LogP contribution in [0.4, 0.5) is 0 Å². The third kappa shape index (κ3) is 13.2. The number of nitrogens with zero attached hydrogens (tertiary/aromatic N) is 8. The summed E-state index contributed by atoms with van der Waals surface area (Å²) in [6, 6.07) is 20.8. The number of fused-ring (bicyclic) bond motifs is 2. The zero-order valence-electron chi connectivity index (χ0n) is 45.8. The number of aliphatic carboxylic acids is 1. The first kappa shape index (κ1) is 58.8. The fourth-order valence-corrected chi connectivity index (χ4v) is 9.58. The van der Waals surface area contributed by atoms with Crippen molar-refractivity contribution in [3.63, 3.8) is 0 Å². The van der Waals surface area contributed by atoms with Gasteiger partial charge >= 0.3 is 17.3 Å². The zero-order chi connectivity index (χ0) is 59.8. The summed E-state index contributed by atoms with van der Waals surface area (Å²) in [5, 5.41) is 67.5. The average molecular weight is 1140 g/mol. The zero-order valence-corrected chi connectivity index (χ0v) is 45.8. The molecule has 0 spiro atoms. The molecule has 10 rings (SSSR count). The van der Waals surface area contributed by atoms with Gasteiger partial charge in [0.1, 0.15) is 23.0 Å². The van der Waals surface area contributed by atoms with Gasteiger partial charge in [-0.25, -0.2) is 28.9 Å². The number of carbonyl (C=O) groups excluding carboxylic acids is 5. The summed E-state index contributed by atoms with van der Waals surface area (Å²) in [5.41, 5.74) is 9.81. The summed E-state index contributed by atoms with van der Waals surface area (Å²) in [5.74, 6) is -2.40. The van der Waals surface area contributed by atoms with Gasteiger partial charge in [-0.05, 0) is 96.5 Å². The molecule has 0 radical (unpaired) electrons. The molecular formula is C58H62N12O13. The Balaban J connectivity index is 0.000000185. The number of H-pyrrole nitrogens is 2. The van der Waals surface area contributed by atoms with E-state index in [4.69, 9.17) is 10.8 Å². The van der Waals surface area contributed by atoms with E-state index in [1.807, 2.05) is 87.1 Å². The largest absolute Gasteiger partial charge is 0.508 e. The van der Waals surface area contributed by atoms with Crippen LogP contribution >= 0.6 is 0 Å². The molecule has 8 aromatic rings. The van der Waals surface area contributed by atoms with E-state index in [0.29, 0.717) is 72.6 Å². The van der Waals surface area contributed by atoms with Crippen molar-refractivity contribution in [2.24, 2.45) is 5.73 Å². The van der Waals surface area contributed by atoms with Crippen molar-refractivity contribution in [2.75, 3.05) is 26.2 Å². The van der Waals surface area contributed by atoms with Crippen LogP contribution in [0.15, 0.2) is 119 Å². The van der Waals surface area contributed by atoms with Gasteiger partial charge in [0.15, 0.2) is 11.6 Å². The van der Waals surface area contributed by atoms with Crippen molar-refractivity contribution < 1.29 is 54.3 Å². The Morgan fingerprint density at radius 1 is 0.554 bits per heavy atom. The maximum Gasteiger partial charge on any atom is 0.348 e. The minimum absolute atomic E-state index is 0.00773. The number of carboxylic acids is 1. The van der Waals surface area contributed by atoms with Crippen molar-refractivity contribution in [1.29, 1.82) is 0 Å². The lowest BCUT2D eigenvalue weighted by atomic mass is 9.98. The van der Waals surface area contributed by atoms with Gasteiger partial charge in [-0.2, -0.15) is 10.2 Å². The highest BCUT2D eigenvalue weighted by molar-refractivity contribution is 6.13. The molecule has 4 aromatic heterocycles. The number of imide groups is 2. The van der Waals surface area contributed by atoms with E-state index in [1.54, 1.807) is 18.2 Å². The number of carbonyl (C=O) groups is 6. The molecule has 6 heterocycles. The highest BCUT2D eigenvalue weighted by Crippen LogP contribution is 2.39. The monoisotopic (exact) mass is 1130 g/mol. The summed E-state index contributed by atoms with van der Waals surface area (Å²) < 4.78 is 6.81. The minimum atomic E-state index is -0.924. The third-order valence-electron chi connectivity index (χ3n) is 13.8. The highest BCUT2D eigenvalue weighted by atomic mass is 16.4. The number of amides is 5. The van der Waals surface area contributed by atoms with E-state index in [0.717, 1.165) is 31.6 Å². The Hall–Kier alpha value is -10.3. The molecule has 10 N–H and O–H groups in total. The van der Waals surface area contributed by atoms with Crippen LogP contribution in [0.1, 0.15) is 76.3 Å². The first-order valence-electron chi connectivity index (χ1n) is 26.6. The molecule has 0 atom stereocenters. The van der Waals surface area contributed by atoms with E-state index in [2.05, 4.69) is 30.3 Å². The predicted molar refractivity (Wildman–Crippen MR) is 305 cm³/mol. The summed E-state index contributed by atoms with van der Waals surface area (Å²) in [6.07, 6.45) is 9.52. The fourth-order valence-electron chi connectivity index (χ4n) is 9.58. The van der Waals surface area contributed by atoms with Gasteiger partial charge in [0, 0.05) is 123 Å². The van der Waals surface area contributed by atoms with Crippen LogP contribution in [0, 0.1) is 0 Å². The van der Waals surface area contributed by atoms with Crippen molar-refractivity contribution in [3.8, 4) is 57.1 Å². The molecule has 0 fully saturated rings. The molecule has 432 valence electrons. The predicted octanol–water partition coefficient (Wildman–Crippen LogP) is 4.99. The van der Waals surface area contributed by atoms with Crippen molar-refractivity contribution in [1.82, 2.24) is 53.8 Å². The van der Waals surface area contributed by atoms with E-state index in [-0.39, 0.29) is 102 Å². The number of nitrogens with one attached hydrogen (secondary N) is 3. The second kappa shape index (κ2) is 25.4. The van der Waals surface area contributed by atoms with Crippen LogP contribution in [-0.4, -0.2) is 136 Å². The molecule has 4 aromatic carbocycles. The Bertz CT molecular complexity index is 3950. The van der Waals surface area contributed by atoms with Gasteiger partial charge in [-0.3, -0.25) is 38.6 Å². The van der Waals surface area contributed by atoms with Crippen LogP contribution in [-0.2, 0) is 41.9 Å². The van der Waals surface area contributed by atoms with E-state index >= 15 is 0 Å². The topological polar surface area (TPSA) is 359 Å². The number of carboxylic acid groups (broad SMARTS) is 1. The molecule has 0 saturated heterocycles. The first-order chi connectivity index (χ1) is 39.6. The molecule has 25 heteroatoms. The van der Waals surface area contributed by atoms with Gasteiger partial charge in [-0.1, -0.05) is 27.7 Å². The van der Waals surface area contributed by atoms with Crippen LogP contribution in [0.2, 0.25) is 0 Å². The highest BCUT2D eigenvalue weighted by Gasteiger charge is 2.25. The molecule has 5 amide bonds. The van der Waals surface area contributed by atoms with E-state index in [1.165, 1.54) is 45.6 Å². The summed E-state index contributed by atoms with van der Waals surface area (Å²) in [7, 11) is 0. The van der Waals surface area contributed by atoms with Crippen molar-refractivity contribution in [2.45, 2.75) is 78.3 Å². The third-order valence-corrected chi connectivity index (χ3v) is 13.8. The molecule has 83 heavy (non-hydrogen) atoms. The number of hydrogen-bond acceptors (Lipinski definition) is 15. The Morgan fingerprint density at radius 2 is 0.976 bits per heavy atom. The van der Waals surface area contributed by atoms with Crippen LogP contribution in [0.5, 0.6) is 23.0 Å². The molecular weight excluding hydrogens is 1070 g/mol. The van der Waals surface area contributed by atoms with Gasteiger partial charge in [0.05, 0.1) is 22.5 Å². The molecule has 0 saturated carbocycles. The number of hydrogen-bond donors (Lipinski definition) is 9. The quantitative estimate of drug-likeness (QED) is 0.0482. The number of aromatic nitrogens is 8. The van der Waals surface area contributed by atoms with Gasteiger partial charge in [0.2, 0.25) is 5.91 Å². The Morgan fingerprint density at radius 3 is 1.39 bits per heavy atom. The SMILES string of the molecule is CC(C)c1cc(-c2n[nH]c(=O)n2-c2ccc3c(ccn3CCN)c2)c(O)cc1O.CC(C)c1cc(-c2n[nH]c(=O)n2-c2ccc3c(ccn3CCNC(=O)CCCN3C(=O)C=CC3=O)c2)c(O)cc1O.O=C(O)CCCN1C(=O)C=CC1=O. The molecule has 2 aliphatic heterocycles.